The molecule has 0 saturated heterocycles. The fourth-order valence-electron chi connectivity index (χ4n) is 4.53. The summed E-state index contributed by atoms with van der Waals surface area (Å²) in [6.07, 6.45) is 12.0. The highest BCUT2D eigenvalue weighted by molar-refractivity contribution is 8.13. The van der Waals surface area contributed by atoms with E-state index < -0.39 is 0 Å². The molecule has 0 N–H and O–H groups in total. The Morgan fingerprint density at radius 1 is 0.786 bits per heavy atom. The van der Waals surface area contributed by atoms with Gasteiger partial charge in [0.25, 0.3) is 0 Å². The number of benzene rings is 2. The number of halogens is 1. The fraction of sp³-hybridized carbons (Fsp3) is 0.541. The van der Waals surface area contributed by atoms with Crippen LogP contribution in [0.1, 0.15) is 118 Å². The number of nitrogens with zero attached hydrogens (tertiary/aromatic N) is 1. The maximum Gasteiger partial charge on any atom is 0.123 e. The number of thioether (sulfide) groups is 1. The Morgan fingerprint density at radius 3 is 1.55 bits per heavy atom. The maximum absolute atomic E-state index is 12.6. The van der Waals surface area contributed by atoms with Crippen LogP contribution in [0, 0.1) is 11.2 Å². The van der Waals surface area contributed by atoms with Crippen molar-refractivity contribution in [3.63, 3.8) is 0 Å². The molecular formula is C37H60FNO2S. The Bertz CT molecular complexity index is 949. The molecule has 0 unspecified atom stereocenters. The van der Waals surface area contributed by atoms with Crippen LogP contribution in [0.3, 0.4) is 0 Å². The molecule has 0 aliphatic carbocycles. The minimum Gasteiger partial charge on any atom is -0.307 e. The summed E-state index contributed by atoms with van der Waals surface area (Å²) in [6.45, 7) is 28.0. The minimum absolute atomic E-state index is 0.215. The molecule has 0 aromatic heterocycles. The van der Waals surface area contributed by atoms with Crippen molar-refractivity contribution in [2.45, 2.75) is 119 Å². The van der Waals surface area contributed by atoms with Gasteiger partial charge in [-0.1, -0.05) is 124 Å². The van der Waals surface area contributed by atoms with Gasteiger partial charge in [0.05, 0.1) is 5.04 Å². The van der Waals surface area contributed by atoms with E-state index in [1.807, 2.05) is 26.8 Å². The first-order valence-corrected chi connectivity index (χ1v) is 16.3. The highest BCUT2D eigenvalue weighted by Crippen LogP contribution is 2.36. The third-order valence-corrected chi connectivity index (χ3v) is 7.90. The molecule has 0 spiro atoms. The van der Waals surface area contributed by atoms with Crippen LogP contribution < -0.4 is 0 Å². The van der Waals surface area contributed by atoms with Crippen LogP contribution in [0.15, 0.2) is 65.8 Å². The predicted octanol–water partition coefficient (Wildman–Crippen LogP) is 11.2. The third-order valence-electron chi connectivity index (χ3n) is 7.22. The first kappa shape index (κ1) is 43.9. The number of carbonyl (C=O) groups excluding carboxylic acids is 2. The molecule has 0 aliphatic heterocycles. The van der Waals surface area contributed by atoms with Gasteiger partial charge >= 0.3 is 0 Å². The van der Waals surface area contributed by atoms with E-state index in [0.717, 1.165) is 22.7 Å². The molecule has 238 valence electrons. The van der Waals surface area contributed by atoms with Gasteiger partial charge in [0.1, 0.15) is 19.4 Å². The summed E-state index contributed by atoms with van der Waals surface area (Å²) in [5.41, 5.74) is 5.63. The van der Waals surface area contributed by atoms with Gasteiger partial charge in [0.15, 0.2) is 0 Å². The number of aliphatic imine (C=N–C) groups is 1. The topological polar surface area (TPSA) is 46.5 Å². The summed E-state index contributed by atoms with van der Waals surface area (Å²) in [5.74, 6) is -0.215. The van der Waals surface area contributed by atoms with Crippen molar-refractivity contribution in [3.8, 4) is 0 Å². The molecule has 0 saturated carbocycles. The largest absolute Gasteiger partial charge is 0.307 e. The Hall–Kier alpha value is -2.53. The highest BCUT2D eigenvalue weighted by Gasteiger charge is 2.23. The molecule has 3 nitrogen and oxygen atoms in total. The third kappa shape index (κ3) is 20.4. The second-order valence-corrected chi connectivity index (χ2v) is 12.2. The lowest BCUT2D eigenvalue weighted by atomic mass is 9.75. The zero-order valence-corrected chi connectivity index (χ0v) is 29.3. The molecule has 0 fully saturated rings. The van der Waals surface area contributed by atoms with Crippen LogP contribution in [0.25, 0.3) is 0 Å². The number of rotatable bonds is 10. The van der Waals surface area contributed by atoms with Gasteiger partial charge in [-0.05, 0) is 72.1 Å². The van der Waals surface area contributed by atoms with Gasteiger partial charge in [-0.25, -0.2) is 4.39 Å². The first-order chi connectivity index (χ1) is 19.9. The number of allylic oxidation sites excluding steroid dienone is 1. The molecule has 0 bridgehead atoms. The summed E-state index contributed by atoms with van der Waals surface area (Å²) >= 11 is 1.60. The molecule has 42 heavy (non-hydrogen) atoms. The van der Waals surface area contributed by atoms with Crippen LogP contribution >= 0.6 is 11.8 Å². The van der Waals surface area contributed by atoms with Gasteiger partial charge in [0.2, 0.25) is 0 Å². The second-order valence-electron chi connectivity index (χ2n) is 11.2. The number of aryl methyl sites for hydroxylation is 1. The standard InChI is InChI=1S/C12H14FNS.C12H18.C11H24.2CH2O/c1-9(14-10(2)15-3)8-11-4-6-12(13)7-5-11;1-5-10-6-8-11(9-7-10)12(2,3)4;1-5-9-11(7-3,8-4)10-6-2;2*1-2/h4-7H,1,8H2,2-3H3;6-9H,5H2,1-4H3;5-10H2,1-4H3;2*1H2. The van der Waals surface area contributed by atoms with E-state index in [1.54, 1.807) is 23.9 Å². The van der Waals surface area contributed by atoms with Crippen molar-refractivity contribution < 1.29 is 14.0 Å². The Kier molecular flexibility index (Phi) is 27.3. The van der Waals surface area contributed by atoms with Crippen molar-refractivity contribution in [2.75, 3.05) is 6.26 Å². The van der Waals surface area contributed by atoms with Crippen LogP contribution in [0.5, 0.6) is 0 Å². The van der Waals surface area contributed by atoms with E-state index in [9.17, 15) is 4.39 Å². The SMILES string of the molecule is C=C(Cc1ccc(F)cc1)N=C(C)SC.C=O.C=O.CCCC(CC)(CC)CCC.CCc1ccc(C(C)(C)C)cc1. The lowest BCUT2D eigenvalue weighted by molar-refractivity contribution is -0.0987. The quantitative estimate of drug-likeness (QED) is 0.201. The van der Waals surface area contributed by atoms with Gasteiger partial charge in [-0.2, -0.15) is 0 Å². The summed E-state index contributed by atoms with van der Waals surface area (Å²) in [6, 6.07) is 15.3. The summed E-state index contributed by atoms with van der Waals surface area (Å²) in [5, 5.41) is 0.988. The van der Waals surface area contributed by atoms with Crippen molar-refractivity contribution in [2.24, 2.45) is 10.4 Å². The van der Waals surface area contributed by atoms with Gasteiger partial charge in [0, 0.05) is 12.1 Å². The molecule has 2 aromatic rings. The zero-order chi connectivity index (χ0) is 33.2. The Morgan fingerprint density at radius 2 is 1.21 bits per heavy atom. The number of carbonyl (C=O) groups is 2. The smallest absolute Gasteiger partial charge is 0.123 e. The minimum atomic E-state index is -0.215. The number of hydrogen-bond acceptors (Lipinski definition) is 4. The Labute approximate surface area is 262 Å². The van der Waals surface area contributed by atoms with E-state index in [2.05, 4.69) is 91.2 Å². The second kappa shape index (κ2) is 26.1. The van der Waals surface area contributed by atoms with Crippen molar-refractivity contribution in [3.05, 3.63) is 83.3 Å². The highest BCUT2D eigenvalue weighted by atomic mass is 32.2. The predicted molar refractivity (Wildman–Crippen MR) is 187 cm³/mol. The molecule has 5 heteroatoms. The average Bonchev–Trinajstić information content (AvgIpc) is 3.00. The molecule has 0 atom stereocenters. The van der Waals surface area contributed by atoms with Crippen LogP contribution in [-0.2, 0) is 27.8 Å². The van der Waals surface area contributed by atoms with Crippen LogP contribution in [0.4, 0.5) is 4.39 Å². The average molecular weight is 602 g/mol. The molecule has 2 aromatic carbocycles. The van der Waals surface area contributed by atoms with Gasteiger partial charge in [-0.15, -0.1) is 11.8 Å². The molecule has 0 amide bonds. The molecule has 0 radical (unpaired) electrons. The normalized spacial score (nSPS) is 10.8. The van der Waals surface area contributed by atoms with Crippen molar-refractivity contribution >= 4 is 30.4 Å². The fourth-order valence-corrected chi connectivity index (χ4v) is 4.75. The van der Waals surface area contributed by atoms with E-state index in [-0.39, 0.29) is 11.2 Å². The Balaban J connectivity index is -0.000000518. The van der Waals surface area contributed by atoms with Crippen LogP contribution in [0.2, 0.25) is 0 Å². The molecule has 0 heterocycles. The van der Waals surface area contributed by atoms with E-state index >= 15 is 0 Å². The van der Waals surface area contributed by atoms with Gasteiger partial charge in [-0.3, -0.25) is 4.99 Å². The lowest BCUT2D eigenvalue weighted by Crippen LogP contribution is -2.17. The molecule has 0 aliphatic rings. The monoisotopic (exact) mass is 601 g/mol. The number of hydrogen-bond donors (Lipinski definition) is 0. The maximum atomic E-state index is 12.6. The molecular weight excluding hydrogens is 541 g/mol. The summed E-state index contributed by atoms with van der Waals surface area (Å²) in [4.78, 5) is 20.3. The van der Waals surface area contributed by atoms with E-state index in [1.165, 1.54) is 61.8 Å². The first-order valence-electron chi connectivity index (χ1n) is 15.1. The van der Waals surface area contributed by atoms with E-state index in [4.69, 9.17) is 9.59 Å². The van der Waals surface area contributed by atoms with Gasteiger partial charge < -0.3 is 9.59 Å². The van der Waals surface area contributed by atoms with E-state index in [0.29, 0.717) is 11.8 Å². The summed E-state index contributed by atoms with van der Waals surface area (Å²) < 4.78 is 12.6. The van der Waals surface area contributed by atoms with Crippen LogP contribution in [-0.4, -0.2) is 24.9 Å². The zero-order valence-electron chi connectivity index (χ0n) is 28.4. The molecule has 2 rings (SSSR count). The van der Waals surface area contributed by atoms with Crippen molar-refractivity contribution in [1.82, 2.24) is 0 Å². The van der Waals surface area contributed by atoms with Crippen molar-refractivity contribution in [1.29, 1.82) is 0 Å². The lowest BCUT2D eigenvalue weighted by Gasteiger charge is -2.31. The summed E-state index contributed by atoms with van der Waals surface area (Å²) in [7, 11) is 0.